The molecule has 1 aromatic heterocycles. The molecule has 0 aliphatic rings. The van der Waals surface area contributed by atoms with Crippen LogP contribution in [0.1, 0.15) is 61.8 Å². The van der Waals surface area contributed by atoms with E-state index in [2.05, 4.69) is 37.7 Å². The number of benzene rings is 1. The van der Waals surface area contributed by atoms with Gasteiger partial charge in [0.25, 0.3) is 0 Å². The number of aromatic carboxylic acids is 1. The molecule has 6 nitrogen and oxygen atoms in total. The highest BCUT2D eigenvalue weighted by Crippen LogP contribution is 2.27. The lowest BCUT2D eigenvalue weighted by molar-refractivity contribution is 0.0681. The van der Waals surface area contributed by atoms with Crippen LogP contribution in [0.4, 0.5) is 5.82 Å². The summed E-state index contributed by atoms with van der Waals surface area (Å²) in [6.07, 6.45) is 0. The summed E-state index contributed by atoms with van der Waals surface area (Å²) in [7, 11) is 0. The third-order valence-corrected chi connectivity index (χ3v) is 4.67. The lowest BCUT2D eigenvalue weighted by Crippen LogP contribution is -2.51. The van der Waals surface area contributed by atoms with E-state index >= 15 is 0 Å². The van der Waals surface area contributed by atoms with Gasteiger partial charge >= 0.3 is 5.97 Å². The Balaban J connectivity index is 2.40. The predicted molar refractivity (Wildman–Crippen MR) is 116 cm³/mol. The van der Waals surface area contributed by atoms with Crippen LogP contribution in [0.3, 0.4) is 0 Å². The van der Waals surface area contributed by atoms with Crippen LogP contribution >= 0.6 is 0 Å². The van der Waals surface area contributed by atoms with Gasteiger partial charge in [0.1, 0.15) is 5.56 Å². The molecule has 6 heteroatoms. The highest BCUT2D eigenvalue weighted by atomic mass is 16.5. The topological polar surface area (TPSA) is 65.9 Å². The van der Waals surface area contributed by atoms with Gasteiger partial charge in [-0.1, -0.05) is 30.3 Å². The van der Waals surface area contributed by atoms with Crippen molar-refractivity contribution in [3.8, 4) is 0 Å². The van der Waals surface area contributed by atoms with E-state index in [1.54, 1.807) is 6.07 Å². The minimum Gasteiger partial charge on any atom is -0.478 e. The van der Waals surface area contributed by atoms with Crippen molar-refractivity contribution in [2.45, 2.75) is 66.8 Å². The average molecular weight is 400 g/mol. The van der Waals surface area contributed by atoms with Crippen molar-refractivity contribution in [3.05, 3.63) is 58.8 Å². The van der Waals surface area contributed by atoms with Crippen LogP contribution in [0.5, 0.6) is 0 Å². The number of pyridine rings is 1. The molecule has 1 N–H and O–H groups in total. The zero-order valence-corrected chi connectivity index (χ0v) is 18.3. The first-order valence-electron chi connectivity index (χ1n) is 10.2. The van der Waals surface area contributed by atoms with E-state index in [4.69, 9.17) is 4.74 Å². The van der Waals surface area contributed by atoms with Crippen molar-refractivity contribution in [1.82, 2.24) is 9.99 Å². The molecule has 0 atom stereocenters. The largest absolute Gasteiger partial charge is 0.478 e. The van der Waals surface area contributed by atoms with Crippen LogP contribution in [0.2, 0.25) is 0 Å². The first kappa shape index (κ1) is 22.8. The number of hydrazine groups is 1. The number of carboxylic acid groups (broad SMARTS) is 1. The zero-order chi connectivity index (χ0) is 21.6. The van der Waals surface area contributed by atoms with Crippen LogP contribution < -0.4 is 5.01 Å². The van der Waals surface area contributed by atoms with Gasteiger partial charge in [-0.3, -0.25) is 5.01 Å². The lowest BCUT2D eigenvalue weighted by Gasteiger charge is -2.41. The standard InChI is InChI=1S/C23H33N3O3/c1-7-25(26(16(2)3)17(4)5)22-21(23(27)28)20(13-18(6)24-22)15-29-14-19-11-9-8-10-12-19/h8-13,16-17H,7,14-15H2,1-6H3,(H,27,28). The molecule has 0 saturated heterocycles. The van der Waals surface area contributed by atoms with Crippen molar-refractivity contribution in [3.63, 3.8) is 0 Å². The van der Waals surface area contributed by atoms with E-state index < -0.39 is 5.97 Å². The summed E-state index contributed by atoms with van der Waals surface area (Å²) in [4.78, 5) is 16.9. The molecule has 29 heavy (non-hydrogen) atoms. The summed E-state index contributed by atoms with van der Waals surface area (Å²) in [6.45, 7) is 13.6. The second kappa shape index (κ2) is 10.4. The summed E-state index contributed by atoms with van der Waals surface area (Å²) >= 11 is 0. The Hall–Kier alpha value is -2.44. The maximum absolute atomic E-state index is 12.2. The number of rotatable bonds is 10. The van der Waals surface area contributed by atoms with E-state index in [0.717, 1.165) is 11.3 Å². The maximum Gasteiger partial charge on any atom is 0.339 e. The van der Waals surface area contributed by atoms with Gasteiger partial charge in [0.15, 0.2) is 5.82 Å². The van der Waals surface area contributed by atoms with Gasteiger partial charge in [-0.25, -0.2) is 14.8 Å². The number of hydrogen-bond donors (Lipinski definition) is 1. The molecule has 1 heterocycles. The Morgan fingerprint density at radius 3 is 2.24 bits per heavy atom. The van der Waals surface area contributed by atoms with E-state index in [1.807, 2.05) is 49.2 Å². The molecule has 0 bridgehead atoms. The van der Waals surface area contributed by atoms with Gasteiger partial charge in [-0.15, -0.1) is 0 Å². The van der Waals surface area contributed by atoms with Crippen molar-refractivity contribution in [1.29, 1.82) is 0 Å². The Morgan fingerprint density at radius 1 is 1.10 bits per heavy atom. The fraction of sp³-hybridized carbons (Fsp3) is 0.478. The lowest BCUT2D eigenvalue weighted by atomic mass is 10.1. The highest BCUT2D eigenvalue weighted by molar-refractivity contribution is 5.95. The minimum absolute atomic E-state index is 0.205. The van der Waals surface area contributed by atoms with E-state index in [0.29, 0.717) is 24.5 Å². The number of hydrogen-bond acceptors (Lipinski definition) is 5. The fourth-order valence-electron chi connectivity index (χ4n) is 3.69. The van der Waals surface area contributed by atoms with Crippen molar-refractivity contribution >= 4 is 11.8 Å². The van der Waals surface area contributed by atoms with Gasteiger partial charge in [0.2, 0.25) is 0 Å². The summed E-state index contributed by atoms with van der Waals surface area (Å²) in [6, 6.07) is 12.1. The molecule has 0 aliphatic heterocycles. The van der Waals surface area contributed by atoms with Gasteiger partial charge < -0.3 is 9.84 Å². The minimum atomic E-state index is -0.989. The molecule has 158 valence electrons. The van der Waals surface area contributed by atoms with Gasteiger partial charge in [-0.05, 0) is 58.7 Å². The molecule has 0 spiro atoms. The number of carboxylic acids is 1. The normalized spacial score (nSPS) is 11.5. The van der Waals surface area contributed by atoms with Crippen LogP contribution in [-0.4, -0.2) is 39.7 Å². The smallest absolute Gasteiger partial charge is 0.339 e. The Kier molecular flexibility index (Phi) is 8.17. The van der Waals surface area contributed by atoms with Crippen LogP contribution in [-0.2, 0) is 18.0 Å². The number of carbonyl (C=O) groups is 1. The third-order valence-electron chi connectivity index (χ3n) is 4.67. The molecule has 0 saturated carbocycles. The van der Waals surface area contributed by atoms with Crippen LogP contribution in [0, 0.1) is 6.92 Å². The van der Waals surface area contributed by atoms with Gasteiger partial charge in [-0.2, -0.15) is 0 Å². The molecule has 0 amide bonds. The van der Waals surface area contributed by atoms with Crippen molar-refractivity contribution in [2.24, 2.45) is 0 Å². The third kappa shape index (κ3) is 5.78. The molecule has 0 fully saturated rings. The second-order valence-corrected chi connectivity index (χ2v) is 7.69. The van der Waals surface area contributed by atoms with Crippen molar-refractivity contribution in [2.75, 3.05) is 11.6 Å². The Labute approximate surface area is 174 Å². The van der Waals surface area contributed by atoms with Crippen LogP contribution in [0.15, 0.2) is 36.4 Å². The van der Waals surface area contributed by atoms with E-state index in [-0.39, 0.29) is 24.3 Å². The average Bonchev–Trinajstić information content (AvgIpc) is 2.65. The summed E-state index contributed by atoms with van der Waals surface area (Å²) in [5, 5.41) is 14.2. The van der Waals surface area contributed by atoms with Gasteiger partial charge in [0.05, 0.1) is 13.2 Å². The second-order valence-electron chi connectivity index (χ2n) is 7.69. The summed E-state index contributed by atoms with van der Waals surface area (Å²) < 4.78 is 5.85. The van der Waals surface area contributed by atoms with E-state index in [1.165, 1.54) is 0 Å². The summed E-state index contributed by atoms with van der Waals surface area (Å²) in [5.74, 6) is -0.516. The predicted octanol–water partition coefficient (Wildman–Crippen LogP) is 4.67. The number of anilines is 1. The number of aryl methyl sites for hydroxylation is 1. The molecule has 1 aromatic carbocycles. The molecule has 0 radical (unpaired) electrons. The maximum atomic E-state index is 12.2. The molecule has 2 rings (SSSR count). The molecular weight excluding hydrogens is 366 g/mol. The van der Waals surface area contributed by atoms with Gasteiger partial charge in [0, 0.05) is 24.3 Å². The molecular formula is C23H33N3O3. The molecule has 0 unspecified atom stereocenters. The highest BCUT2D eigenvalue weighted by Gasteiger charge is 2.28. The Morgan fingerprint density at radius 2 is 1.72 bits per heavy atom. The van der Waals surface area contributed by atoms with Crippen molar-refractivity contribution < 1.29 is 14.6 Å². The Bertz CT molecular complexity index is 799. The fourth-order valence-corrected chi connectivity index (χ4v) is 3.69. The molecule has 0 aliphatic carbocycles. The van der Waals surface area contributed by atoms with E-state index in [9.17, 15) is 9.90 Å². The quantitative estimate of drug-likeness (QED) is 0.586. The molecule has 2 aromatic rings. The summed E-state index contributed by atoms with van der Waals surface area (Å²) in [5.41, 5.74) is 2.67. The monoisotopic (exact) mass is 399 g/mol. The number of aromatic nitrogens is 1. The first-order chi connectivity index (χ1) is 13.8. The number of nitrogens with zero attached hydrogens (tertiary/aromatic N) is 3. The zero-order valence-electron chi connectivity index (χ0n) is 18.3. The first-order valence-corrected chi connectivity index (χ1v) is 10.2. The SMILES string of the molecule is CCN(c1nc(C)cc(COCc2ccccc2)c1C(=O)O)N(C(C)C)C(C)C. The van der Waals surface area contributed by atoms with Crippen LogP contribution in [0.25, 0.3) is 0 Å². The number of ether oxygens (including phenoxy) is 1.